The fourth-order valence-corrected chi connectivity index (χ4v) is 1.89. The van der Waals surface area contributed by atoms with Crippen LogP contribution in [-0.4, -0.2) is 24.3 Å². The Labute approximate surface area is 87.7 Å². The zero-order valence-electron chi connectivity index (χ0n) is 9.68. The molecule has 0 saturated carbocycles. The van der Waals surface area contributed by atoms with Gasteiger partial charge in [-0.15, -0.1) is 6.58 Å². The minimum atomic E-state index is 0.0913. The van der Waals surface area contributed by atoms with Crippen LogP contribution in [0.5, 0.6) is 0 Å². The summed E-state index contributed by atoms with van der Waals surface area (Å²) in [5.41, 5.74) is 0.0913. The summed E-state index contributed by atoms with van der Waals surface area (Å²) in [6.07, 6.45) is 5.74. The molecule has 0 spiro atoms. The molecule has 0 radical (unpaired) electrons. The SMILES string of the molecule is C=CCC(C)NCC1CCC(C)(C)O1. The van der Waals surface area contributed by atoms with Gasteiger partial charge in [0.25, 0.3) is 0 Å². The van der Waals surface area contributed by atoms with Gasteiger partial charge in [-0.2, -0.15) is 0 Å². The van der Waals surface area contributed by atoms with E-state index in [0.29, 0.717) is 12.1 Å². The third-order valence-electron chi connectivity index (χ3n) is 2.77. The van der Waals surface area contributed by atoms with E-state index in [1.807, 2.05) is 6.08 Å². The van der Waals surface area contributed by atoms with Crippen molar-refractivity contribution in [2.24, 2.45) is 0 Å². The van der Waals surface area contributed by atoms with Crippen LogP contribution in [0, 0.1) is 0 Å². The predicted octanol–water partition coefficient (Wildman–Crippen LogP) is 2.50. The molecule has 1 aliphatic heterocycles. The Bertz CT molecular complexity index is 189. The lowest BCUT2D eigenvalue weighted by atomic mass is 10.1. The highest BCUT2D eigenvalue weighted by Gasteiger charge is 2.31. The molecule has 0 amide bonds. The second-order valence-electron chi connectivity index (χ2n) is 4.87. The van der Waals surface area contributed by atoms with Crippen LogP contribution in [-0.2, 0) is 4.74 Å². The van der Waals surface area contributed by atoms with Crippen LogP contribution in [0.3, 0.4) is 0 Å². The highest BCUT2D eigenvalue weighted by Crippen LogP contribution is 2.28. The van der Waals surface area contributed by atoms with E-state index < -0.39 is 0 Å². The van der Waals surface area contributed by atoms with Gasteiger partial charge in [0.05, 0.1) is 11.7 Å². The Kier molecular flexibility index (Phi) is 4.14. The van der Waals surface area contributed by atoms with E-state index in [0.717, 1.165) is 13.0 Å². The lowest BCUT2D eigenvalue weighted by molar-refractivity contribution is -0.0149. The molecule has 1 rings (SSSR count). The van der Waals surface area contributed by atoms with Gasteiger partial charge in [-0.05, 0) is 40.0 Å². The molecule has 2 atom stereocenters. The molecule has 14 heavy (non-hydrogen) atoms. The number of ether oxygens (including phenoxy) is 1. The number of rotatable bonds is 5. The van der Waals surface area contributed by atoms with Crippen molar-refractivity contribution in [3.05, 3.63) is 12.7 Å². The molecule has 2 nitrogen and oxygen atoms in total. The van der Waals surface area contributed by atoms with Crippen molar-refractivity contribution in [1.29, 1.82) is 0 Å². The summed E-state index contributed by atoms with van der Waals surface area (Å²) in [7, 11) is 0. The summed E-state index contributed by atoms with van der Waals surface area (Å²) in [5.74, 6) is 0. The van der Waals surface area contributed by atoms with Crippen molar-refractivity contribution >= 4 is 0 Å². The van der Waals surface area contributed by atoms with Gasteiger partial charge in [0.2, 0.25) is 0 Å². The molecular weight excluding hydrogens is 174 g/mol. The Morgan fingerprint density at radius 1 is 1.64 bits per heavy atom. The highest BCUT2D eigenvalue weighted by atomic mass is 16.5. The molecule has 82 valence electrons. The van der Waals surface area contributed by atoms with Crippen LogP contribution >= 0.6 is 0 Å². The zero-order chi connectivity index (χ0) is 10.6. The van der Waals surface area contributed by atoms with E-state index >= 15 is 0 Å². The minimum Gasteiger partial charge on any atom is -0.371 e. The third kappa shape index (κ3) is 3.81. The Balaban J connectivity index is 2.17. The van der Waals surface area contributed by atoms with Crippen molar-refractivity contribution in [3.63, 3.8) is 0 Å². The molecule has 1 aliphatic rings. The standard InChI is InChI=1S/C12H23NO/c1-5-6-10(2)13-9-11-7-8-12(3,4)14-11/h5,10-11,13H,1,6-9H2,2-4H3. The molecule has 0 aromatic carbocycles. The van der Waals surface area contributed by atoms with Gasteiger partial charge in [-0.3, -0.25) is 0 Å². The average molecular weight is 197 g/mol. The normalized spacial score (nSPS) is 27.5. The second kappa shape index (κ2) is 4.94. The van der Waals surface area contributed by atoms with Gasteiger partial charge < -0.3 is 10.1 Å². The molecule has 1 heterocycles. The summed E-state index contributed by atoms with van der Waals surface area (Å²) in [6, 6.07) is 0.514. The molecule has 2 heteroatoms. The fourth-order valence-electron chi connectivity index (χ4n) is 1.89. The minimum absolute atomic E-state index is 0.0913. The van der Waals surface area contributed by atoms with Crippen molar-refractivity contribution in [3.8, 4) is 0 Å². The van der Waals surface area contributed by atoms with E-state index in [4.69, 9.17) is 4.74 Å². The monoisotopic (exact) mass is 197 g/mol. The largest absolute Gasteiger partial charge is 0.371 e. The lowest BCUT2D eigenvalue weighted by Gasteiger charge is -2.20. The van der Waals surface area contributed by atoms with Gasteiger partial charge in [-0.25, -0.2) is 0 Å². The summed E-state index contributed by atoms with van der Waals surface area (Å²) >= 11 is 0. The van der Waals surface area contributed by atoms with Gasteiger partial charge in [0, 0.05) is 12.6 Å². The van der Waals surface area contributed by atoms with Gasteiger partial charge >= 0.3 is 0 Å². The molecule has 0 bridgehead atoms. The van der Waals surface area contributed by atoms with E-state index in [1.54, 1.807) is 0 Å². The number of nitrogens with one attached hydrogen (secondary N) is 1. The lowest BCUT2D eigenvalue weighted by Crippen LogP contribution is -2.34. The van der Waals surface area contributed by atoms with Gasteiger partial charge in [0.1, 0.15) is 0 Å². The first-order valence-electron chi connectivity index (χ1n) is 5.55. The van der Waals surface area contributed by atoms with Crippen molar-refractivity contribution in [2.75, 3.05) is 6.54 Å². The zero-order valence-corrected chi connectivity index (χ0v) is 9.68. The molecule has 2 unspecified atom stereocenters. The van der Waals surface area contributed by atoms with Gasteiger partial charge in [0.15, 0.2) is 0 Å². The summed E-state index contributed by atoms with van der Waals surface area (Å²) < 4.78 is 5.89. The van der Waals surface area contributed by atoms with Crippen molar-refractivity contribution in [1.82, 2.24) is 5.32 Å². The predicted molar refractivity (Wildman–Crippen MR) is 60.5 cm³/mol. The average Bonchev–Trinajstić information content (AvgIpc) is 2.43. The maximum absolute atomic E-state index is 5.89. The van der Waals surface area contributed by atoms with Crippen LogP contribution in [0.2, 0.25) is 0 Å². The molecule has 0 aromatic heterocycles. The smallest absolute Gasteiger partial charge is 0.0707 e. The Hall–Kier alpha value is -0.340. The van der Waals surface area contributed by atoms with E-state index in [9.17, 15) is 0 Å². The van der Waals surface area contributed by atoms with Crippen LogP contribution < -0.4 is 5.32 Å². The van der Waals surface area contributed by atoms with Crippen LogP contribution in [0.1, 0.15) is 40.0 Å². The van der Waals surface area contributed by atoms with E-state index in [2.05, 4.69) is 32.7 Å². The Morgan fingerprint density at radius 2 is 2.36 bits per heavy atom. The third-order valence-corrected chi connectivity index (χ3v) is 2.77. The Morgan fingerprint density at radius 3 is 2.86 bits per heavy atom. The van der Waals surface area contributed by atoms with E-state index in [-0.39, 0.29) is 5.60 Å². The maximum Gasteiger partial charge on any atom is 0.0707 e. The quantitative estimate of drug-likeness (QED) is 0.684. The molecule has 1 fully saturated rings. The molecule has 1 saturated heterocycles. The number of hydrogen-bond donors (Lipinski definition) is 1. The first kappa shape index (κ1) is 11.7. The maximum atomic E-state index is 5.89. The van der Waals surface area contributed by atoms with Crippen LogP contribution in [0.25, 0.3) is 0 Å². The first-order valence-corrected chi connectivity index (χ1v) is 5.55. The summed E-state index contributed by atoms with van der Waals surface area (Å²) in [5, 5.41) is 3.47. The fraction of sp³-hybridized carbons (Fsp3) is 0.833. The van der Waals surface area contributed by atoms with Crippen molar-refractivity contribution in [2.45, 2.75) is 57.8 Å². The first-order chi connectivity index (χ1) is 6.53. The van der Waals surface area contributed by atoms with Crippen LogP contribution in [0.15, 0.2) is 12.7 Å². The second-order valence-corrected chi connectivity index (χ2v) is 4.87. The molecular formula is C12H23NO. The van der Waals surface area contributed by atoms with Crippen molar-refractivity contribution < 1.29 is 4.74 Å². The van der Waals surface area contributed by atoms with Gasteiger partial charge in [-0.1, -0.05) is 6.08 Å². The summed E-state index contributed by atoms with van der Waals surface area (Å²) in [4.78, 5) is 0. The topological polar surface area (TPSA) is 21.3 Å². The summed E-state index contributed by atoms with van der Waals surface area (Å²) in [6.45, 7) is 11.2. The highest BCUT2D eigenvalue weighted by molar-refractivity contribution is 4.83. The molecule has 1 N–H and O–H groups in total. The van der Waals surface area contributed by atoms with E-state index in [1.165, 1.54) is 12.8 Å². The number of hydrogen-bond acceptors (Lipinski definition) is 2. The van der Waals surface area contributed by atoms with Crippen LogP contribution in [0.4, 0.5) is 0 Å². The molecule has 0 aromatic rings. The molecule has 0 aliphatic carbocycles.